The van der Waals surface area contributed by atoms with E-state index in [1.54, 1.807) is 4.90 Å². The fourth-order valence-electron chi connectivity index (χ4n) is 4.53. The molecule has 0 aromatic rings. The molecule has 0 aliphatic carbocycles. The van der Waals surface area contributed by atoms with Crippen LogP contribution in [0.3, 0.4) is 0 Å². The van der Waals surface area contributed by atoms with Gasteiger partial charge in [-0.1, -0.05) is 96.3 Å². The minimum atomic E-state index is -1.32. The molecule has 7 heteroatoms. The monoisotopic (exact) mass is 589 g/mol. The molecule has 0 radical (unpaired) electrons. The van der Waals surface area contributed by atoms with Crippen molar-refractivity contribution in [3.05, 3.63) is 0 Å². The lowest BCUT2D eigenvalue weighted by molar-refractivity contribution is -0.128. The number of hydrogen-bond donors (Lipinski definition) is 0. The molecule has 0 rings (SSSR count). The molecule has 0 bridgehead atoms. The van der Waals surface area contributed by atoms with Gasteiger partial charge >= 0.3 is 0 Å². The molecule has 0 saturated heterocycles. The van der Waals surface area contributed by atoms with Crippen molar-refractivity contribution in [3.63, 3.8) is 0 Å². The minimum absolute atomic E-state index is 0.259. The Morgan fingerprint density at radius 3 is 1.13 bits per heavy atom. The SMILES string of the molecule is CO[Si](C)(C)CCCCCCCCCCC(=O)N(C)C.CO[Si](C)(C)CCCCCCCCCCCN(C)C. The maximum Gasteiger partial charge on any atom is 0.222 e. The molecule has 0 heterocycles. The van der Waals surface area contributed by atoms with Crippen molar-refractivity contribution < 1.29 is 13.6 Å². The van der Waals surface area contributed by atoms with Gasteiger partial charge in [-0.15, -0.1) is 0 Å². The van der Waals surface area contributed by atoms with Gasteiger partial charge in [0.15, 0.2) is 16.6 Å². The number of carbonyl (C=O) groups is 1. The van der Waals surface area contributed by atoms with E-state index >= 15 is 0 Å². The van der Waals surface area contributed by atoms with E-state index in [4.69, 9.17) is 8.85 Å². The lowest BCUT2D eigenvalue weighted by atomic mass is 10.1. The number of hydrogen-bond acceptors (Lipinski definition) is 4. The van der Waals surface area contributed by atoms with E-state index in [1.807, 2.05) is 28.3 Å². The largest absolute Gasteiger partial charge is 0.420 e. The molecule has 0 N–H and O–H groups in total. The number of amides is 1. The van der Waals surface area contributed by atoms with Gasteiger partial charge in [0.25, 0.3) is 0 Å². The van der Waals surface area contributed by atoms with Crippen LogP contribution in [-0.2, 0) is 13.6 Å². The molecule has 5 nitrogen and oxygen atoms in total. The van der Waals surface area contributed by atoms with E-state index in [1.165, 1.54) is 121 Å². The van der Waals surface area contributed by atoms with Gasteiger partial charge in [0.1, 0.15) is 0 Å². The van der Waals surface area contributed by atoms with Crippen molar-refractivity contribution in [1.29, 1.82) is 0 Å². The molecular formula is C32H72N2O3Si2. The molecule has 0 aliphatic heterocycles. The summed E-state index contributed by atoms with van der Waals surface area (Å²) >= 11 is 0. The molecule has 0 aromatic heterocycles. The van der Waals surface area contributed by atoms with E-state index in [9.17, 15) is 4.79 Å². The maximum absolute atomic E-state index is 11.4. The Hall–Kier alpha value is -0.216. The highest BCUT2D eigenvalue weighted by Gasteiger charge is 2.19. The number of unbranched alkanes of at least 4 members (excludes halogenated alkanes) is 15. The molecule has 0 aliphatic rings. The van der Waals surface area contributed by atoms with Gasteiger partial charge in [-0.05, 0) is 71.8 Å². The summed E-state index contributed by atoms with van der Waals surface area (Å²) in [5.74, 6) is 0.259. The summed E-state index contributed by atoms with van der Waals surface area (Å²) in [5.41, 5.74) is 0. The van der Waals surface area contributed by atoms with Crippen molar-refractivity contribution in [1.82, 2.24) is 9.80 Å². The van der Waals surface area contributed by atoms with Crippen LogP contribution in [0.5, 0.6) is 0 Å². The van der Waals surface area contributed by atoms with E-state index in [0.29, 0.717) is 6.42 Å². The first-order valence-corrected chi connectivity index (χ1v) is 22.5. The molecule has 0 spiro atoms. The van der Waals surface area contributed by atoms with Crippen molar-refractivity contribution in [2.24, 2.45) is 0 Å². The zero-order chi connectivity index (χ0) is 30.0. The lowest BCUT2D eigenvalue weighted by Gasteiger charge is -2.19. The van der Waals surface area contributed by atoms with E-state index < -0.39 is 16.6 Å². The Morgan fingerprint density at radius 2 is 0.821 bits per heavy atom. The van der Waals surface area contributed by atoms with Crippen molar-refractivity contribution >= 4 is 22.5 Å². The third-order valence-electron chi connectivity index (χ3n) is 7.91. The van der Waals surface area contributed by atoms with Crippen LogP contribution in [0.25, 0.3) is 0 Å². The molecule has 1 amide bonds. The summed E-state index contributed by atoms with van der Waals surface area (Å²) in [7, 11) is 9.11. The minimum Gasteiger partial charge on any atom is -0.420 e. The molecule has 0 unspecified atom stereocenters. The summed E-state index contributed by atoms with van der Waals surface area (Å²) in [6, 6.07) is 2.62. The van der Waals surface area contributed by atoms with Gasteiger partial charge in [0.2, 0.25) is 5.91 Å². The Bertz CT molecular complexity index is 544. The number of rotatable bonds is 25. The van der Waals surface area contributed by atoms with Crippen LogP contribution in [0.2, 0.25) is 38.3 Å². The third kappa shape index (κ3) is 32.2. The Labute approximate surface area is 248 Å². The highest BCUT2D eigenvalue weighted by Crippen LogP contribution is 2.18. The third-order valence-corrected chi connectivity index (χ3v) is 13.2. The van der Waals surface area contributed by atoms with Crippen LogP contribution in [0.1, 0.15) is 116 Å². The zero-order valence-corrected chi connectivity index (χ0v) is 30.5. The average Bonchev–Trinajstić information content (AvgIpc) is 2.88. The highest BCUT2D eigenvalue weighted by atomic mass is 28.4. The van der Waals surface area contributed by atoms with Crippen molar-refractivity contribution in [2.45, 2.75) is 154 Å². The normalized spacial score (nSPS) is 12.0. The van der Waals surface area contributed by atoms with E-state index in [0.717, 1.165) is 6.42 Å². The topological polar surface area (TPSA) is 42.0 Å². The first-order chi connectivity index (χ1) is 18.4. The van der Waals surface area contributed by atoms with E-state index in [-0.39, 0.29) is 5.91 Å². The standard InChI is InChI=1S/C16H35NO2Si.C16H37NOSi/c1-17(2)16(18)14-12-10-8-6-7-9-11-13-15-20(4,5)19-3;1-17(2)15-13-11-9-7-6-8-10-12-14-16-19(4,5)18-3/h6-15H2,1-5H3;6-16H2,1-5H3. The first-order valence-electron chi connectivity index (χ1n) is 16.3. The second-order valence-electron chi connectivity index (χ2n) is 13.3. The van der Waals surface area contributed by atoms with Gasteiger partial charge < -0.3 is 18.7 Å². The summed E-state index contributed by atoms with van der Waals surface area (Å²) in [6.07, 6.45) is 23.6. The predicted octanol–water partition coefficient (Wildman–Crippen LogP) is 9.35. The van der Waals surface area contributed by atoms with Crippen LogP contribution in [0.4, 0.5) is 0 Å². The van der Waals surface area contributed by atoms with Crippen LogP contribution in [-0.4, -0.2) is 81.3 Å². The number of carbonyl (C=O) groups excluding carboxylic acids is 1. The summed E-state index contributed by atoms with van der Waals surface area (Å²) in [6.45, 7) is 10.5. The summed E-state index contributed by atoms with van der Waals surface area (Å²) < 4.78 is 11.1. The molecule has 236 valence electrons. The van der Waals surface area contributed by atoms with Gasteiger partial charge in [-0.3, -0.25) is 4.79 Å². The molecule has 0 atom stereocenters. The van der Waals surface area contributed by atoms with Crippen molar-refractivity contribution in [3.8, 4) is 0 Å². The fraction of sp³-hybridized carbons (Fsp3) is 0.969. The Kier molecular flexibility index (Phi) is 28.0. The number of nitrogens with zero attached hydrogens (tertiary/aromatic N) is 2. The summed E-state index contributed by atoms with van der Waals surface area (Å²) in [5, 5.41) is 0. The van der Waals surface area contributed by atoms with Gasteiger partial charge in [-0.2, -0.15) is 0 Å². The molecule has 0 aromatic carbocycles. The van der Waals surface area contributed by atoms with Crippen LogP contribution < -0.4 is 0 Å². The van der Waals surface area contributed by atoms with Gasteiger partial charge in [-0.25, -0.2) is 0 Å². The fourth-order valence-corrected chi connectivity index (χ4v) is 7.14. The molecule has 0 saturated carbocycles. The second kappa shape index (κ2) is 26.7. The summed E-state index contributed by atoms with van der Waals surface area (Å²) in [4.78, 5) is 15.3. The molecule has 0 fully saturated rings. The van der Waals surface area contributed by atoms with Crippen LogP contribution in [0, 0.1) is 0 Å². The average molecular weight is 589 g/mol. The highest BCUT2D eigenvalue weighted by molar-refractivity contribution is 6.71. The Morgan fingerprint density at radius 1 is 0.513 bits per heavy atom. The lowest BCUT2D eigenvalue weighted by Crippen LogP contribution is -2.27. The zero-order valence-electron chi connectivity index (χ0n) is 28.5. The first kappa shape index (κ1) is 40.9. The maximum atomic E-state index is 11.4. The van der Waals surface area contributed by atoms with Crippen molar-refractivity contribution in [2.75, 3.05) is 49.0 Å². The van der Waals surface area contributed by atoms with Crippen LogP contribution in [0.15, 0.2) is 0 Å². The van der Waals surface area contributed by atoms with Gasteiger partial charge in [0.05, 0.1) is 0 Å². The smallest absolute Gasteiger partial charge is 0.222 e. The van der Waals surface area contributed by atoms with Gasteiger partial charge in [0, 0.05) is 34.7 Å². The van der Waals surface area contributed by atoms with Crippen LogP contribution >= 0.6 is 0 Å². The van der Waals surface area contributed by atoms with E-state index in [2.05, 4.69) is 45.2 Å². The predicted molar refractivity (Wildman–Crippen MR) is 179 cm³/mol. The Balaban J connectivity index is 0. The molecule has 39 heavy (non-hydrogen) atoms. The molecular weight excluding hydrogens is 517 g/mol. The second-order valence-corrected chi connectivity index (χ2v) is 22.1. The quantitative estimate of drug-likeness (QED) is 0.0787.